The normalized spacial score (nSPS) is 13.3. The zero-order chi connectivity index (χ0) is 20.3. The maximum Gasteiger partial charge on any atom is 0.256 e. The van der Waals surface area contributed by atoms with E-state index in [4.69, 9.17) is 4.98 Å². The van der Waals surface area contributed by atoms with Gasteiger partial charge >= 0.3 is 0 Å². The number of carbonyl (C=O) groups excluding carboxylic acids is 1. The monoisotopic (exact) mass is 417 g/mol. The first-order valence-electron chi connectivity index (χ1n) is 10.4. The molecule has 0 spiro atoms. The third kappa shape index (κ3) is 3.73. The molecule has 0 aliphatic heterocycles. The van der Waals surface area contributed by atoms with E-state index in [2.05, 4.69) is 15.4 Å². The molecule has 0 saturated carbocycles. The molecule has 3 aromatic heterocycles. The van der Waals surface area contributed by atoms with Gasteiger partial charge in [-0.1, -0.05) is 30.3 Å². The molecule has 0 radical (unpaired) electrons. The van der Waals surface area contributed by atoms with E-state index in [0.29, 0.717) is 17.8 Å². The standard InChI is InChI=1S/C23H23N5OS/c29-23(25-13-6-11-21-27-18-9-4-5-10-20(18)30-21)17-15-26-28-19(12-14-24-22(17)28)16-7-2-1-3-8-16/h1-3,7-8,12,14-15H,4-6,9-11,13H2,(H,25,29). The smallest absolute Gasteiger partial charge is 0.256 e. The summed E-state index contributed by atoms with van der Waals surface area (Å²) in [6, 6.07) is 11.9. The molecule has 1 amide bonds. The molecule has 0 fully saturated rings. The summed E-state index contributed by atoms with van der Waals surface area (Å²) in [5.74, 6) is -0.138. The van der Waals surface area contributed by atoms with Crippen molar-refractivity contribution in [2.45, 2.75) is 38.5 Å². The number of benzene rings is 1. The zero-order valence-corrected chi connectivity index (χ0v) is 17.5. The molecule has 30 heavy (non-hydrogen) atoms. The van der Waals surface area contributed by atoms with Crippen LogP contribution in [-0.4, -0.2) is 32.0 Å². The van der Waals surface area contributed by atoms with E-state index < -0.39 is 0 Å². The van der Waals surface area contributed by atoms with E-state index in [1.54, 1.807) is 16.9 Å². The second-order valence-electron chi connectivity index (χ2n) is 7.53. The lowest BCUT2D eigenvalue weighted by Crippen LogP contribution is -2.24. The van der Waals surface area contributed by atoms with Crippen molar-refractivity contribution >= 4 is 22.9 Å². The minimum atomic E-state index is -0.138. The summed E-state index contributed by atoms with van der Waals surface area (Å²) in [5, 5.41) is 8.62. The Hall–Kier alpha value is -3.06. The minimum Gasteiger partial charge on any atom is -0.352 e. The van der Waals surface area contributed by atoms with E-state index >= 15 is 0 Å². The molecule has 0 saturated heterocycles. The summed E-state index contributed by atoms with van der Waals surface area (Å²) in [6.07, 6.45) is 9.93. The van der Waals surface area contributed by atoms with Gasteiger partial charge in [-0.25, -0.2) is 14.5 Å². The number of carbonyl (C=O) groups is 1. The molecule has 1 aliphatic carbocycles. The Morgan fingerprint density at radius 2 is 2.00 bits per heavy atom. The molecule has 152 valence electrons. The maximum absolute atomic E-state index is 12.7. The second kappa shape index (κ2) is 8.36. The number of aromatic nitrogens is 4. The number of aryl methyl sites for hydroxylation is 3. The lowest BCUT2D eigenvalue weighted by Gasteiger charge is -2.06. The van der Waals surface area contributed by atoms with Gasteiger partial charge in [0, 0.05) is 29.6 Å². The highest BCUT2D eigenvalue weighted by atomic mass is 32.1. The lowest BCUT2D eigenvalue weighted by atomic mass is 10.0. The number of rotatable bonds is 6. The van der Waals surface area contributed by atoms with Crippen molar-refractivity contribution in [2.24, 2.45) is 0 Å². The van der Waals surface area contributed by atoms with Gasteiger partial charge in [0.1, 0.15) is 5.56 Å². The van der Waals surface area contributed by atoms with Crippen LogP contribution in [0.5, 0.6) is 0 Å². The Kier molecular flexibility index (Phi) is 5.27. The molecule has 1 N–H and O–H groups in total. The summed E-state index contributed by atoms with van der Waals surface area (Å²) >= 11 is 1.85. The summed E-state index contributed by atoms with van der Waals surface area (Å²) in [5.41, 5.74) is 4.31. The van der Waals surface area contributed by atoms with Crippen LogP contribution in [0.4, 0.5) is 0 Å². The molecular formula is C23H23N5OS. The first kappa shape index (κ1) is 18.9. The highest BCUT2D eigenvalue weighted by molar-refractivity contribution is 7.11. The fourth-order valence-corrected chi connectivity index (χ4v) is 5.13. The van der Waals surface area contributed by atoms with Crippen LogP contribution in [0.3, 0.4) is 0 Å². The first-order valence-corrected chi connectivity index (χ1v) is 11.2. The van der Waals surface area contributed by atoms with E-state index in [0.717, 1.165) is 30.5 Å². The van der Waals surface area contributed by atoms with Crippen LogP contribution in [0, 0.1) is 0 Å². The van der Waals surface area contributed by atoms with Crippen LogP contribution in [0.1, 0.15) is 45.2 Å². The van der Waals surface area contributed by atoms with Gasteiger partial charge in [0.25, 0.3) is 5.91 Å². The van der Waals surface area contributed by atoms with Gasteiger partial charge in [-0.05, 0) is 38.2 Å². The fourth-order valence-electron chi connectivity index (χ4n) is 3.93. The SMILES string of the molecule is O=C(NCCCc1nc2c(s1)CCCC2)c1cnn2c(-c3ccccc3)ccnc12. The number of nitrogens with zero attached hydrogens (tertiary/aromatic N) is 4. The minimum absolute atomic E-state index is 0.138. The fraction of sp³-hybridized carbons (Fsp3) is 0.304. The maximum atomic E-state index is 12.7. The quantitative estimate of drug-likeness (QED) is 0.480. The summed E-state index contributed by atoms with van der Waals surface area (Å²) in [7, 11) is 0. The molecule has 1 aromatic carbocycles. The number of nitrogens with one attached hydrogen (secondary N) is 1. The number of hydrogen-bond donors (Lipinski definition) is 1. The van der Waals surface area contributed by atoms with Crippen molar-refractivity contribution in [3.8, 4) is 11.3 Å². The predicted octanol–water partition coefficient (Wildman–Crippen LogP) is 4.09. The molecule has 4 aromatic rings. The van der Waals surface area contributed by atoms with Crippen LogP contribution in [0.25, 0.3) is 16.9 Å². The third-order valence-corrected chi connectivity index (χ3v) is 6.68. The van der Waals surface area contributed by atoms with Crippen molar-refractivity contribution in [3.05, 3.63) is 69.9 Å². The second-order valence-corrected chi connectivity index (χ2v) is 8.70. The average Bonchev–Trinajstić information content (AvgIpc) is 3.41. The van der Waals surface area contributed by atoms with Crippen LogP contribution >= 0.6 is 11.3 Å². The van der Waals surface area contributed by atoms with Crippen molar-refractivity contribution in [1.82, 2.24) is 24.9 Å². The molecule has 0 bridgehead atoms. The van der Waals surface area contributed by atoms with Gasteiger partial charge in [-0.3, -0.25) is 4.79 Å². The van der Waals surface area contributed by atoms with Gasteiger partial charge in [0.2, 0.25) is 0 Å². The van der Waals surface area contributed by atoms with Gasteiger partial charge in [-0.15, -0.1) is 11.3 Å². The molecule has 0 atom stereocenters. The number of thiazole rings is 1. The highest BCUT2D eigenvalue weighted by Crippen LogP contribution is 2.27. The molecule has 5 rings (SSSR count). The van der Waals surface area contributed by atoms with Crippen LogP contribution in [0.2, 0.25) is 0 Å². The summed E-state index contributed by atoms with van der Waals surface area (Å²) in [6.45, 7) is 0.610. The molecule has 7 heteroatoms. The van der Waals surface area contributed by atoms with Gasteiger partial charge in [0.05, 0.1) is 22.6 Å². The van der Waals surface area contributed by atoms with Crippen molar-refractivity contribution in [1.29, 1.82) is 0 Å². The summed E-state index contributed by atoms with van der Waals surface area (Å²) in [4.78, 5) is 23.4. The molecular weight excluding hydrogens is 394 g/mol. The van der Waals surface area contributed by atoms with E-state index in [9.17, 15) is 4.79 Å². The number of hydrogen-bond acceptors (Lipinski definition) is 5. The van der Waals surface area contributed by atoms with Crippen LogP contribution < -0.4 is 5.32 Å². The van der Waals surface area contributed by atoms with Gasteiger partial charge in [0.15, 0.2) is 5.65 Å². The first-order chi connectivity index (χ1) is 14.8. The molecule has 3 heterocycles. The van der Waals surface area contributed by atoms with Crippen molar-refractivity contribution in [2.75, 3.05) is 6.54 Å². The molecule has 1 aliphatic rings. The van der Waals surface area contributed by atoms with Crippen molar-refractivity contribution in [3.63, 3.8) is 0 Å². The van der Waals surface area contributed by atoms with E-state index in [1.807, 2.05) is 47.7 Å². The van der Waals surface area contributed by atoms with E-state index in [-0.39, 0.29) is 5.91 Å². The van der Waals surface area contributed by atoms with Gasteiger partial charge in [-0.2, -0.15) is 5.10 Å². The Morgan fingerprint density at radius 3 is 2.87 bits per heavy atom. The Bertz CT molecular complexity index is 1160. The Balaban J connectivity index is 1.24. The Morgan fingerprint density at radius 1 is 1.13 bits per heavy atom. The third-order valence-electron chi connectivity index (χ3n) is 5.46. The average molecular weight is 418 g/mol. The largest absolute Gasteiger partial charge is 0.352 e. The number of fused-ring (bicyclic) bond motifs is 2. The van der Waals surface area contributed by atoms with Crippen LogP contribution in [0.15, 0.2) is 48.8 Å². The summed E-state index contributed by atoms with van der Waals surface area (Å²) < 4.78 is 1.73. The van der Waals surface area contributed by atoms with Gasteiger partial charge < -0.3 is 5.32 Å². The predicted molar refractivity (Wildman–Crippen MR) is 118 cm³/mol. The Labute approximate surface area is 179 Å². The molecule has 0 unspecified atom stereocenters. The van der Waals surface area contributed by atoms with Crippen LogP contribution in [-0.2, 0) is 19.3 Å². The van der Waals surface area contributed by atoms with Crippen molar-refractivity contribution < 1.29 is 4.79 Å². The van der Waals surface area contributed by atoms with E-state index in [1.165, 1.54) is 34.8 Å². The molecule has 6 nitrogen and oxygen atoms in total. The number of amides is 1. The highest BCUT2D eigenvalue weighted by Gasteiger charge is 2.17. The lowest BCUT2D eigenvalue weighted by molar-refractivity contribution is 0.0954. The zero-order valence-electron chi connectivity index (χ0n) is 16.7. The topological polar surface area (TPSA) is 72.2 Å².